The van der Waals surface area contributed by atoms with Gasteiger partial charge in [-0.15, -0.1) is 0 Å². The molecule has 4 rings (SSSR count). The number of benzene rings is 1. The van der Waals surface area contributed by atoms with Gasteiger partial charge in [-0.2, -0.15) is 4.31 Å². The maximum absolute atomic E-state index is 13.0. The molecule has 1 atom stereocenters. The molecule has 10 heteroatoms. The van der Waals surface area contributed by atoms with Crippen molar-refractivity contribution in [3.8, 4) is 0 Å². The standard InChI is InChI=1S/C22H30N4O5S/c27-26(28)20-16-18(32(29,30)25-13-5-2-6-14-25)9-10-19(20)23-17-21(22-8-7-15-31-22)24-11-3-1-4-12-24/h7-10,15-16,21,23H,1-6,11-14,17H2. The van der Waals surface area contributed by atoms with E-state index in [-0.39, 0.29) is 16.6 Å². The lowest BCUT2D eigenvalue weighted by Gasteiger charge is -2.33. The number of sulfonamides is 1. The minimum atomic E-state index is -3.74. The molecule has 2 aliphatic rings. The molecule has 0 saturated carbocycles. The molecule has 0 aliphatic carbocycles. The van der Waals surface area contributed by atoms with Crippen LogP contribution in [0.1, 0.15) is 50.3 Å². The summed E-state index contributed by atoms with van der Waals surface area (Å²) in [7, 11) is -3.74. The van der Waals surface area contributed by atoms with E-state index in [4.69, 9.17) is 4.42 Å². The molecule has 1 N–H and O–H groups in total. The summed E-state index contributed by atoms with van der Waals surface area (Å²) in [6.07, 6.45) is 7.68. The highest BCUT2D eigenvalue weighted by molar-refractivity contribution is 7.89. The molecular weight excluding hydrogens is 432 g/mol. The van der Waals surface area contributed by atoms with E-state index in [0.717, 1.165) is 51.0 Å². The third kappa shape index (κ3) is 4.97. The van der Waals surface area contributed by atoms with Crippen LogP contribution in [0, 0.1) is 10.1 Å². The number of rotatable bonds is 8. The Kier molecular flexibility index (Phi) is 7.12. The van der Waals surface area contributed by atoms with Crippen LogP contribution < -0.4 is 5.32 Å². The van der Waals surface area contributed by atoms with E-state index in [1.807, 2.05) is 12.1 Å². The fraction of sp³-hybridized carbons (Fsp3) is 0.545. The number of piperidine rings is 2. The van der Waals surface area contributed by atoms with E-state index < -0.39 is 14.9 Å². The molecule has 0 amide bonds. The first kappa shape index (κ1) is 22.8. The van der Waals surface area contributed by atoms with E-state index in [1.165, 1.54) is 28.9 Å². The van der Waals surface area contributed by atoms with Crippen LogP contribution in [-0.4, -0.2) is 55.3 Å². The van der Waals surface area contributed by atoms with Crippen LogP contribution in [0.25, 0.3) is 0 Å². The molecule has 2 aliphatic heterocycles. The van der Waals surface area contributed by atoms with Crippen LogP contribution in [0.4, 0.5) is 11.4 Å². The molecule has 2 aromatic rings. The van der Waals surface area contributed by atoms with Crippen LogP contribution in [0.3, 0.4) is 0 Å². The van der Waals surface area contributed by atoms with Gasteiger partial charge in [0.25, 0.3) is 5.69 Å². The van der Waals surface area contributed by atoms with Crippen molar-refractivity contribution in [2.45, 2.75) is 49.5 Å². The minimum Gasteiger partial charge on any atom is -0.468 e. The first-order valence-corrected chi connectivity index (χ1v) is 12.7. The van der Waals surface area contributed by atoms with Crippen molar-refractivity contribution in [1.29, 1.82) is 0 Å². The number of nitrogens with one attached hydrogen (secondary N) is 1. The van der Waals surface area contributed by atoms with Crippen LogP contribution >= 0.6 is 0 Å². The predicted molar refractivity (Wildman–Crippen MR) is 121 cm³/mol. The number of anilines is 1. The largest absolute Gasteiger partial charge is 0.468 e. The zero-order valence-electron chi connectivity index (χ0n) is 18.1. The van der Waals surface area contributed by atoms with Crippen molar-refractivity contribution < 1.29 is 17.8 Å². The Hall–Kier alpha value is -2.43. The second-order valence-corrected chi connectivity index (χ2v) is 10.3. The molecule has 1 aromatic carbocycles. The van der Waals surface area contributed by atoms with E-state index in [0.29, 0.717) is 25.3 Å². The average Bonchev–Trinajstić information content (AvgIpc) is 3.35. The lowest BCUT2D eigenvalue weighted by Crippen LogP contribution is -2.37. The Morgan fingerprint density at radius 2 is 1.72 bits per heavy atom. The molecule has 9 nitrogen and oxygen atoms in total. The molecule has 0 spiro atoms. The Balaban J connectivity index is 1.55. The Morgan fingerprint density at radius 1 is 1.03 bits per heavy atom. The predicted octanol–water partition coefficient (Wildman–Crippen LogP) is 4.00. The third-order valence-electron chi connectivity index (χ3n) is 6.31. The van der Waals surface area contributed by atoms with Crippen molar-refractivity contribution in [1.82, 2.24) is 9.21 Å². The Morgan fingerprint density at radius 3 is 2.34 bits per heavy atom. The number of hydrogen-bond donors (Lipinski definition) is 1. The van der Waals surface area contributed by atoms with Crippen LogP contribution in [0.2, 0.25) is 0 Å². The van der Waals surface area contributed by atoms with Crippen molar-refractivity contribution in [2.24, 2.45) is 0 Å². The minimum absolute atomic E-state index is 0.0322. The lowest BCUT2D eigenvalue weighted by molar-refractivity contribution is -0.384. The van der Waals surface area contributed by atoms with Crippen LogP contribution in [-0.2, 0) is 10.0 Å². The van der Waals surface area contributed by atoms with Gasteiger partial charge in [0.2, 0.25) is 10.0 Å². The molecule has 1 unspecified atom stereocenters. The summed E-state index contributed by atoms with van der Waals surface area (Å²) in [6.45, 7) is 3.23. The van der Waals surface area contributed by atoms with E-state index in [9.17, 15) is 18.5 Å². The zero-order chi connectivity index (χ0) is 22.6. The van der Waals surface area contributed by atoms with Crippen molar-refractivity contribution in [3.63, 3.8) is 0 Å². The SMILES string of the molecule is O=[N+]([O-])c1cc(S(=O)(=O)N2CCCCC2)ccc1NCC(c1ccco1)N1CCCCC1. The van der Waals surface area contributed by atoms with Gasteiger partial charge in [-0.1, -0.05) is 12.8 Å². The summed E-state index contributed by atoms with van der Waals surface area (Å²) < 4.78 is 33.0. The van der Waals surface area contributed by atoms with E-state index >= 15 is 0 Å². The maximum Gasteiger partial charge on any atom is 0.293 e. The Bertz CT molecular complexity index is 1010. The molecule has 0 radical (unpaired) electrons. The molecule has 0 bridgehead atoms. The second-order valence-electron chi connectivity index (χ2n) is 8.41. The summed E-state index contributed by atoms with van der Waals surface area (Å²) in [4.78, 5) is 13.6. The van der Waals surface area contributed by atoms with Crippen LogP contribution in [0.15, 0.2) is 45.9 Å². The summed E-state index contributed by atoms with van der Waals surface area (Å²) in [6, 6.07) is 7.85. The summed E-state index contributed by atoms with van der Waals surface area (Å²) in [5.41, 5.74) is 0.0704. The van der Waals surface area contributed by atoms with Gasteiger partial charge in [-0.25, -0.2) is 8.42 Å². The van der Waals surface area contributed by atoms with Gasteiger partial charge in [0, 0.05) is 25.7 Å². The van der Waals surface area contributed by atoms with Gasteiger partial charge in [-0.3, -0.25) is 15.0 Å². The van der Waals surface area contributed by atoms with Gasteiger partial charge >= 0.3 is 0 Å². The number of likely N-dealkylation sites (tertiary alicyclic amines) is 1. The van der Waals surface area contributed by atoms with Gasteiger partial charge in [0.1, 0.15) is 11.4 Å². The van der Waals surface area contributed by atoms with E-state index in [2.05, 4.69) is 10.2 Å². The third-order valence-corrected chi connectivity index (χ3v) is 8.20. The van der Waals surface area contributed by atoms with Gasteiger partial charge in [0.05, 0.1) is 22.1 Å². The number of furan rings is 1. The molecule has 2 fully saturated rings. The normalized spacial score (nSPS) is 19.5. The summed E-state index contributed by atoms with van der Waals surface area (Å²) in [5, 5.41) is 15.0. The van der Waals surface area contributed by atoms with Crippen molar-refractivity contribution in [2.75, 3.05) is 38.0 Å². The zero-order valence-corrected chi connectivity index (χ0v) is 18.9. The number of hydrogen-bond acceptors (Lipinski definition) is 7. The summed E-state index contributed by atoms with van der Waals surface area (Å²) in [5.74, 6) is 0.811. The highest BCUT2D eigenvalue weighted by atomic mass is 32.2. The number of nitro groups is 1. The van der Waals surface area contributed by atoms with Crippen molar-refractivity contribution >= 4 is 21.4 Å². The van der Waals surface area contributed by atoms with Gasteiger partial charge in [0.15, 0.2) is 0 Å². The molecule has 174 valence electrons. The monoisotopic (exact) mass is 462 g/mol. The number of nitro benzene ring substituents is 1. The molecule has 2 saturated heterocycles. The first-order valence-electron chi connectivity index (χ1n) is 11.3. The second kappa shape index (κ2) is 10.0. The lowest BCUT2D eigenvalue weighted by atomic mass is 10.1. The first-order chi connectivity index (χ1) is 15.5. The average molecular weight is 463 g/mol. The van der Waals surface area contributed by atoms with Gasteiger partial charge < -0.3 is 9.73 Å². The molecular formula is C22H30N4O5S. The highest BCUT2D eigenvalue weighted by Gasteiger charge is 2.29. The molecule has 32 heavy (non-hydrogen) atoms. The van der Waals surface area contributed by atoms with Gasteiger partial charge in [-0.05, 0) is 63.0 Å². The van der Waals surface area contributed by atoms with Crippen LogP contribution in [0.5, 0.6) is 0 Å². The van der Waals surface area contributed by atoms with Crippen molar-refractivity contribution in [3.05, 3.63) is 52.5 Å². The maximum atomic E-state index is 13.0. The quantitative estimate of drug-likeness (QED) is 0.466. The fourth-order valence-electron chi connectivity index (χ4n) is 4.55. The topological polar surface area (TPSA) is 109 Å². The number of nitrogens with zero attached hydrogens (tertiary/aromatic N) is 3. The fourth-order valence-corrected chi connectivity index (χ4v) is 6.09. The highest BCUT2D eigenvalue weighted by Crippen LogP contribution is 2.32. The smallest absolute Gasteiger partial charge is 0.293 e. The Labute approximate surface area is 188 Å². The molecule has 1 aromatic heterocycles. The van der Waals surface area contributed by atoms with E-state index in [1.54, 1.807) is 6.26 Å². The summed E-state index contributed by atoms with van der Waals surface area (Å²) >= 11 is 0. The molecule has 3 heterocycles.